The van der Waals surface area contributed by atoms with Crippen LogP contribution in [0.25, 0.3) is 0 Å². The Kier molecular flexibility index (Phi) is 4.70. The summed E-state index contributed by atoms with van der Waals surface area (Å²) in [7, 11) is -3.77. The summed E-state index contributed by atoms with van der Waals surface area (Å²) in [6.45, 7) is 3.47. The van der Waals surface area contributed by atoms with Gasteiger partial charge in [-0.3, -0.25) is 0 Å². The lowest BCUT2D eigenvalue weighted by Gasteiger charge is -2.24. The molecule has 0 aromatic heterocycles. The quantitative estimate of drug-likeness (QED) is 0.877. The highest BCUT2D eigenvalue weighted by atomic mass is 32.2. The lowest BCUT2D eigenvalue weighted by molar-refractivity contribution is 0.281. The smallest absolute Gasteiger partial charge is 0.240 e. The van der Waals surface area contributed by atoms with Gasteiger partial charge >= 0.3 is 0 Å². The molecule has 0 unspecified atom stereocenters. The first-order valence-corrected chi connectivity index (χ1v) is 8.65. The van der Waals surface area contributed by atoms with Crippen LogP contribution in [-0.4, -0.2) is 20.1 Å². The molecule has 21 heavy (non-hydrogen) atoms. The van der Waals surface area contributed by atoms with E-state index in [4.69, 9.17) is 5.11 Å². The third-order valence-corrected chi connectivity index (χ3v) is 5.86. The molecule has 0 atom stereocenters. The predicted octanol–water partition coefficient (Wildman–Crippen LogP) is 2.49. The van der Waals surface area contributed by atoms with Crippen molar-refractivity contribution >= 4 is 10.0 Å². The first-order chi connectivity index (χ1) is 9.77. The summed E-state index contributed by atoms with van der Waals surface area (Å²) < 4.78 is 41.2. The molecule has 0 bridgehead atoms. The Morgan fingerprint density at radius 3 is 2.52 bits per heavy atom. The Labute approximate surface area is 125 Å². The molecule has 0 amide bonds. The fourth-order valence-electron chi connectivity index (χ4n) is 2.83. The van der Waals surface area contributed by atoms with E-state index in [1.165, 1.54) is 13.0 Å². The maximum absolute atomic E-state index is 13.8. The highest BCUT2D eigenvalue weighted by molar-refractivity contribution is 7.89. The summed E-state index contributed by atoms with van der Waals surface area (Å²) in [4.78, 5) is -0.0897. The number of benzene rings is 1. The topological polar surface area (TPSA) is 66.4 Å². The largest absolute Gasteiger partial charge is 0.392 e. The van der Waals surface area contributed by atoms with Gasteiger partial charge in [-0.05, 0) is 42.9 Å². The molecule has 0 spiro atoms. The Balaban J connectivity index is 2.25. The van der Waals surface area contributed by atoms with Crippen molar-refractivity contribution in [2.24, 2.45) is 5.41 Å². The van der Waals surface area contributed by atoms with Crippen molar-refractivity contribution in [2.75, 3.05) is 6.54 Å². The molecule has 1 aromatic rings. The average Bonchev–Trinajstić information content (AvgIpc) is 2.87. The molecule has 0 radical (unpaired) electrons. The molecule has 0 heterocycles. The van der Waals surface area contributed by atoms with Crippen LogP contribution in [0.5, 0.6) is 0 Å². The van der Waals surface area contributed by atoms with Crippen LogP contribution in [0.4, 0.5) is 4.39 Å². The van der Waals surface area contributed by atoms with Crippen LogP contribution in [0.3, 0.4) is 0 Å². The van der Waals surface area contributed by atoms with Crippen molar-refractivity contribution in [3.8, 4) is 0 Å². The van der Waals surface area contributed by atoms with E-state index in [2.05, 4.69) is 11.6 Å². The van der Waals surface area contributed by atoms with Crippen LogP contribution in [-0.2, 0) is 16.6 Å². The summed E-state index contributed by atoms with van der Waals surface area (Å²) in [6.07, 6.45) is 4.23. The van der Waals surface area contributed by atoms with Crippen molar-refractivity contribution in [1.29, 1.82) is 0 Å². The van der Waals surface area contributed by atoms with Crippen LogP contribution in [0.1, 0.15) is 43.7 Å². The van der Waals surface area contributed by atoms with E-state index in [-0.39, 0.29) is 21.4 Å². The monoisotopic (exact) mass is 315 g/mol. The zero-order valence-corrected chi connectivity index (χ0v) is 13.3. The predicted molar refractivity (Wildman–Crippen MR) is 78.8 cm³/mol. The van der Waals surface area contributed by atoms with E-state index in [0.29, 0.717) is 6.54 Å². The van der Waals surface area contributed by atoms with Crippen LogP contribution in [0, 0.1) is 18.2 Å². The summed E-state index contributed by atoms with van der Waals surface area (Å²) in [6, 6.07) is 2.49. The standard InChI is InChI=1S/C15H22FNO3S/c1-11-13(16)7-12(9-18)8-14(11)21(19,20)17-10-15(2)5-3-4-6-15/h7-8,17-18H,3-6,9-10H2,1-2H3. The van der Waals surface area contributed by atoms with Crippen molar-refractivity contribution < 1.29 is 17.9 Å². The molecular weight excluding hydrogens is 293 g/mol. The van der Waals surface area contributed by atoms with Gasteiger partial charge < -0.3 is 5.11 Å². The zero-order chi connectivity index (χ0) is 15.7. The number of sulfonamides is 1. The first kappa shape index (κ1) is 16.4. The molecule has 1 fully saturated rings. The van der Waals surface area contributed by atoms with Gasteiger partial charge in [0, 0.05) is 12.1 Å². The van der Waals surface area contributed by atoms with E-state index < -0.39 is 22.4 Å². The molecule has 1 aliphatic carbocycles. The van der Waals surface area contributed by atoms with Gasteiger partial charge in [0.05, 0.1) is 11.5 Å². The molecule has 0 saturated heterocycles. The second kappa shape index (κ2) is 6.02. The molecule has 6 heteroatoms. The van der Waals surface area contributed by atoms with E-state index in [0.717, 1.165) is 31.7 Å². The number of aliphatic hydroxyl groups is 1. The minimum atomic E-state index is -3.77. The van der Waals surface area contributed by atoms with Gasteiger partial charge in [0.2, 0.25) is 10.0 Å². The second-order valence-electron chi connectivity index (χ2n) is 6.20. The number of nitrogens with one attached hydrogen (secondary N) is 1. The van der Waals surface area contributed by atoms with Gasteiger partial charge in [-0.2, -0.15) is 0 Å². The SMILES string of the molecule is Cc1c(F)cc(CO)cc1S(=O)(=O)NCC1(C)CCCC1. The lowest BCUT2D eigenvalue weighted by atomic mass is 9.89. The number of rotatable bonds is 5. The van der Waals surface area contributed by atoms with Gasteiger partial charge in [0.1, 0.15) is 5.82 Å². The molecule has 4 nitrogen and oxygen atoms in total. The Hall–Kier alpha value is -0.980. The minimum absolute atomic E-state index is 0.0197. The van der Waals surface area contributed by atoms with Crippen LogP contribution < -0.4 is 4.72 Å². The van der Waals surface area contributed by atoms with Crippen molar-refractivity contribution in [2.45, 2.75) is 51.0 Å². The van der Waals surface area contributed by atoms with Crippen LogP contribution >= 0.6 is 0 Å². The number of hydrogen-bond acceptors (Lipinski definition) is 3. The third kappa shape index (κ3) is 3.62. The van der Waals surface area contributed by atoms with Crippen LogP contribution in [0.15, 0.2) is 17.0 Å². The fraction of sp³-hybridized carbons (Fsp3) is 0.600. The average molecular weight is 315 g/mol. The van der Waals surface area contributed by atoms with Crippen LogP contribution in [0.2, 0.25) is 0 Å². The highest BCUT2D eigenvalue weighted by Gasteiger charge is 2.31. The van der Waals surface area contributed by atoms with E-state index in [9.17, 15) is 12.8 Å². The molecule has 1 aliphatic rings. The first-order valence-electron chi connectivity index (χ1n) is 7.17. The zero-order valence-electron chi connectivity index (χ0n) is 12.4. The van der Waals surface area contributed by atoms with Gasteiger partial charge in [-0.1, -0.05) is 19.8 Å². The fourth-order valence-corrected chi connectivity index (χ4v) is 4.33. The number of aliphatic hydroxyl groups excluding tert-OH is 1. The normalized spacial score (nSPS) is 18.1. The Morgan fingerprint density at radius 2 is 1.95 bits per heavy atom. The molecular formula is C15H22FNO3S. The Morgan fingerprint density at radius 1 is 1.33 bits per heavy atom. The van der Waals surface area contributed by atoms with E-state index >= 15 is 0 Å². The van der Waals surface area contributed by atoms with Gasteiger partial charge in [0.25, 0.3) is 0 Å². The van der Waals surface area contributed by atoms with Gasteiger partial charge in [0.15, 0.2) is 0 Å². The molecule has 1 saturated carbocycles. The second-order valence-corrected chi connectivity index (χ2v) is 7.94. The highest BCUT2D eigenvalue weighted by Crippen LogP contribution is 2.37. The van der Waals surface area contributed by atoms with Gasteiger partial charge in [-0.25, -0.2) is 17.5 Å². The summed E-state index contributed by atoms with van der Waals surface area (Å²) in [5.41, 5.74) is 0.315. The van der Waals surface area contributed by atoms with Crippen molar-refractivity contribution in [3.05, 3.63) is 29.1 Å². The summed E-state index contributed by atoms with van der Waals surface area (Å²) in [5, 5.41) is 9.10. The molecule has 2 rings (SSSR count). The van der Waals surface area contributed by atoms with Gasteiger partial charge in [-0.15, -0.1) is 0 Å². The van der Waals surface area contributed by atoms with E-state index in [1.54, 1.807) is 0 Å². The minimum Gasteiger partial charge on any atom is -0.392 e. The number of hydrogen-bond donors (Lipinski definition) is 2. The summed E-state index contributed by atoms with van der Waals surface area (Å²) in [5.74, 6) is -0.617. The summed E-state index contributed by atoms with van der Waals surface area (Å²) >= 11 is 0. The lowest BCUT2D eigenvalue weighted by Crippen LogP contribution is -2.34. The third-order valence-electron chi connectivity index (χ3n) is 4.33. The molecule has 2 N–H and O–H groups in total. The van der Waals surface area contributed by atoms with Crippen molar-refractivity contribution in [1.82, 2.24) is 4.72 Å². The maximum Gasteiger partial charge on any atom is 0.240 e. The molecule has 1 aromatic carbocycles. The molecule has 118 valence electrons. The number of halogens is 1. The molecule has 0 aliphatic heterocycles. The van der Waals surface area contributed by atoms with Crippen molar-refractivity contribution in [3.63, 3.8) is 0 Å². The maximum atomic E-state index is 13.8. The van der Waals surface area contributed by atoms with E-state index in [1.807, 2.05) is 0 Å². The Bertz CT molecular complexity index is 622.